The Kier molecular flexibility index (Phi) is 8.28. The molecule has 2 amide bonds. The molecule has 0 heterocycles. The Balaban J connectivity index is 2.90. The Morgan fingerprint density at radius 2 is 2.21 bits per heavy atom. The van der Waals surface area contributed by atoms with E-state index in [0.717, 1.165) is 6.07 Å². The molecule has 0 aromatic heterocycles. The van der Waals surface area contributed by atoms with Gasteiger partial charge in [0, 0.05) is 18.2 Å². The number of rotatable bonds is 9. The van der Waals surface area contributed by atoms with Gasteiger partial charge in [0.2, 0.25) is 5.91 Å². The van der Waals surface area contributed by atoms with Crippen LogP contribution in [0.4, 0.5) is 5.69 Å². The summed E-state index contributed by atoms with van der Waals surface area (Å²) in [7, 11) is 0. The van der Waals surface area contributed by atoms with Crippen molar-refractivity contribution in [3.63, 3.8) is 0 Å². The van der Waals surface area contributed by atoms with E-state index in [1.165, 1.54) is 18.2 Å². The number of nitrogens with zero attached hydrogens (tertiary/aromatic N) is 1. The lowest BCUT2D eigenvalue weighted by Crippen LogP contribution is -2.47. The number of nitrogens with one attached hydrogen (secondary N) is 2. The summed E-state index contributed by atoms with van der Waals surface area (Å²) in [6.45, 7) is 3.80. The number of hydrogen-bond donors (Lipinski definition) is 2. The van der Waals surface area contributed by atoms with Crippen LogP contribution in [0, 0.1) is 10.1 Å². The third-order valence-corrected chi connectivity index (χ3v) is 4.02. The van der Waals surface area contributed by atoms with Crippen molar-refractivity contribution in [2.24, 2.45) is 0 Å². The maximum atomic E-state index is 12.3. The molecule has 0 aliphatic rings. The molecule has 1 aromatic rings. The van der Waals surface area contributed by atoms with Crippen molar-refractivity contribution in [3.8, 4) is 0 Å². The number of nitro groups is 1. The molecular weight excluding hydrogens is 354 g/mol. The molecule has 0 aliphatic carbocycles. The molecule has 130 valence electrons. The Bertz CT molecular complexity index is 639. The first kappa shape index (κ1) is 20.0. The number of benzene rings is 1. The first-order valence-corrected chi connectivity index (χ1v) is 8.80. The highest BCUT2D eigenvalue weighted by atomic mass is 35.5. The Morgan fingerprint density at radius 3 is 2.79 bits per heavy atom. The average molecular weight is 372 g/mol. The number of amides is 2. The topological polar surface area (TPSA) is 101 Å². The molecule has 0 fully saturated rings. The maximum Gasteiger partial charge on any atom is 0.288 e. The van der Waals surface area contributed by atoms with Gasteiger partial charge in [-0.1, -0.05) is 17.7 Å². The highest BCUT2D eigenvalue weighted by molar-refractivity contribution is 7.98. The first-order valence-electron chi connectivity index (χ1n) is 7.03. The van der Waals surface area contributed by atoms with Gasteiger partial charge in [-0.25, -0.2) is 0 Å². The Labute approximate surface area is 149 Å². The zero-order valence-electron chi connectivity index (χ0n) is 13.1. The third kappa shape index (κ3) is 5.86. The number of carbonyl (C=O) groups excluding carboxylic acids is 2. The van der Waals surface area contributed by atoms with E-state index in [0.29, 0.717) is 12.2 Å². The lowest BCUT2D eigenvalue weighted by molar-refractivity contribution is -0.384. The fourth-order valence-electron chi connectivity index (χ4n) is 1.84. The predicted octanol–water partition coefficient (Wildman–Crippen LogP) is 2.40. The quantitative estimate of drug-likeness (QED) is 0.394. The van der Waals surface area contributed by atoms with Gasteiger partial charge in [-0.05, 0) is 30.6 Å². The van der Waals surface area contributed by atoms with Gasteiger partial charge in [0.05, 0.1) is 4.92 Å². The van der Waals surface area contributed by atoms with Crippen LogP contribution < -0.4 is 10.6 Å². The fraction of sp³-hybridized carbons (Fsp3) is 0.333. The van der Waals surface area contributed by atoms with Crippen LogP contribution in [-0.4, -0.2) is 41.3 Å². The highest BCUT2D eigenvalue weighted by Gasteiger charge is 2.22. The van der Waals surface area contributed by atoms with Gasteiger partial charge in [-0.3, -0.25) is 19.7 Å². The van der Waals surface area contributed by atoms with Gasteiger partial charge in [0.25, 0.3) is 11.6 Å². The number of hydrogen-bond acceptors (Lipinski definition) is 5. The normalized spacial score (nSPS) is 11.4. The van der Waals surface area contributed by atoms with E-state index in [1.54, 1.807) is 11.8 Å². The molecule has 0 radical (unpaired) electrons. The molecular formula is C15H18ClN3O4S. The summed E-state index contributed by atoms with van der Waals surface area (Å²) in [6, 6.07) is 3.01. The third-order valence-electron chi connectivity index (χ3n) is 3.06. The van der Waals surface area contributed by atoms with Crippen LogP contribution in [0.5, 0.6) is 0 Å². The lowest BCUT2D eigenvalue weighted by atomic mass is 10.1. The lowest BCUT2D eigenvalue weighted by Gasteiger charge is -2.17. The Morgan fingerprint density at radius 1 is 1.50 bits per heavy atom. The molecule has 1 atom stereocenters. The van der Waals surface area contributed by atoms with Gasteiger partial charge in [-0.2, -0.15) is 11.8 Å². The zero-order chi connectivity index (χ0) is 18.1. The van der Waals surface area contributed by atoms with Crippen molar-refractivity contribution < 1.29 is 14.5 Å². The summed E-state index contributed by atoms with van der Waals surface area (Å²) in [5.74, 6) is -0.233. The molecule has 0 unspecified atom stereocenters. The molecule has 24 heavy (non-hydrogen) atoms. The highest BCUT2D eigenvalue weighted by Crippen LogP contribution is 2.25. The molecule has 0 saturated heterocycles. The monoisotopic (exact) mass is 371 g/mol. The van der Waals surface area contributed by atoms with Crippen molar-refractivity contribution in [3.05, 3.63) is 51.6 Å². The van der Waals surface area contributed by atoms with E-state index in [1.807, 2.05) is 6.26 Å². The van der Waals surface area contributed by atoms with E-state index in [2.05, 4.69) is 17.2 Å². The van der Waals surface area contributed by atoms with Gasteiger partial charge in [-0.15, -0.1) is 6.58 Å². The molecule has 0 saturated carbocycles. The Hall–Kier alpha value is -2.06. The number of carbonyl (C=O) groups is 2. The van der Waals surface area contributed by atoms with E-state index in [4.69, 9.17) is 11.6 Å². The molecule has 0 bridgehead atoms. The first-order chi connectivity index (χ1) is 11.4. The summed E-state index contributed by atoms with van der Waals surface area (Å²) in [6.07, 6.45) is 3.86. The molecule has 0 aliphatic heterocycles. The van der Waals surface area contributed by atoms with Crippen LogP contribution in [0.2, 0.25) is 5.02 Å². The van der Waals surface area contributed by atoms with Gasteiger partial charge >= 0.3 is 0 Å². The number of thioether (sulfide) groups is 1. The van der Waals surface area contributed by atoms with Crippen LogP contribution in [-0.2, 0) is 4.79 Å². The zero-order valence-corrected chi connectivity index (χ0v) is 14.7. The van der Waals surface area contributed by atoms with Crippen LogP contribution in [0.15, 0.2) is 30.9 Å². The SMILES string of the molecule is C=CCNC(=O)[C@@H](CCSC)NC(=O)c1ccc(Cl)c([N+](=O)[O-])c1. The smallest absolute Gasteiger partial charge is 0.288 e. The second-order valence-corrected chi connectivity index (χ2v) is 6.16. The number of halogens is 1. The van der Waals surface area contributed by atoms with Gasteiger partial charge in [0.15, 0.2) is 0 Å². The average Bonchev–Trinajstić information content (AvgIpc) is 2.56. The molecule has 2 N–H and O–H groups in total. The second-order valence-electron chi connectivity index (χ2n) is 4.76. The maximum absolute atomic E-state index is 12.3. The molecule has 9 heteroatoms. The van der Waals surface area contributed by atoms with E-state index >= 15 is 0 Å². The number of nitro benzene ring substituents is 1. The van der Waals surface area contributed by atoms with Crippen molar-refractivity contribution in [2.75, 3.05) is 18.6 Å². The minimum atomic E-state index is -0.736. The van der Waals surface area contributed by atoms with E-state index < -0.39 is 16.9 Å². The van der Waals surface area contributed by atoms with E-state index in [-0.39, 0.29) is 28.7 Å². The van der Waals surface area contributed by atoms with Gasteiger partial charge < -0.3 is 10.6 Å². The van der Waals surface area contributed by atoms with Crippen molar-refractivity contribution in [1.29, 1.82) is 0 Å². The summed E-state index contributed by atoms with van der Waals surface area (Å²) in [4.78, 5) is 34.6. The molecule has 0 spiro atoms. The molecule has 7 nitrogen and oxygen atoms in total. The summed E-state index contributed by atoms with van der Waals surface area (Å²) < 4.78 is 0. The van der Waals surface area contributed by atoms with Crippen molar-refractivity contribution in [2.45, 2.75) is 12.5 Å². The van der Waals surface area contributed by atoms with E-state index in [9.17, 15) is 19.7 Å². The molecule has 1 rings (SSSR count). The van der Waals surface area contributed by atoms with Crippen molar-refractivity contribution >= 4 is 40.9 Å². The molecule has 1 aromatic carbocycles. The van der Waals surface area contributed by atoms with Crippen LogP contribution in [0.25, 0.3) is 0 Å². The second kappa shape index (κ2) is 9.94. The minimum absolute atomic E-state index is 0.0563. The van der Waals surface area contributed by atoms with Crippen molar-refractivity contribution in [1.82, 2.24) is 10.6 Å². The van der Waals surface area contributed by atoms with Crippen LogP contribution >= 0.6 is 23.4 Å². The minimum Gasteiger partial charge on any atom is -0.351 e. The summed E-state index contributed by atoms with van der Waals surface area (Å²) >= 11 is 7.27. The standard InChI is InChI=1S/C15H18ClN3O4S/c1-3-7-17-15(21)12(6-8-24-2)18-14(20)10-4-5-11(16)13(9-10)19(22)23/h3-5,9,12H,1,6-8H2,2H3,(H,17,21)(H,18,20)/t12-/m1/s1. The van der Waals surface area contributed by atoms with Gasteiger partial charge in [0.1, 0.15) is 11.1 Å². The largest absolute Gasteiger partial charge is 0.351 e. The fourth-order valence-corrected chi connectivity index (χ4v) is 2.49. The van der Waals surface area contributed by atoms with Crippen LogP contribution in [0.1, 0.15) is 16.8 Å². The summed E-state index contributed by atoms with van der Waals surface area (Å²) in [5.41, 5.74) is -0.294. The summed E-state index contributed by atoms with van der Waals surface area (Å²) in [5, 5.41) is 16.1. The predicted molar refractivity (Wildman–Crippen MR) is 95.6 cm³/mol. The van der Waals surface area contributed by atoms with Crippen LogP contribution in [0.3, 0.4) is 0 Å².